The first-order valence-corrected chi connectivity index (χ1v) is 12.1. The van der Waals surface area contributed by atoms with E-state index in [4.69, 9.17) is 5.73 Å². The van der Waals surface area contributed by atoms with Crippen LogP contribution in [0.25, 0.3) is 21.0 Å². The molecule has 7 nitrogen and oxygen atoms in total. The molecule has 2 heterocycles. The highest BCUT2D eigenvalue weighted by Crippen LogP contribution is 2.38. The van der Waals surface area contributed by atoms with E-state index in [2.05, 4.69) is 15.3 Å². The molecule has 1 unspecified atom stereocenters. The average molecular weight is 505 g/mol. The Hall–Kier alpha value is -3.92. The molecule has 9 heteroatoms. The number of rotatable bonds is 9. The summed E-state index contributed by atoms with van der Waals surface area (Å²) < 4.78 is 13.3. The third-order valence-electron chi connectivity index (χ3n) is 5.57. The Bertz CT molecular complexity index is 1340. The number of hydrogen-bond acceptors (Lipinski definition) is 7. The molecule has 2 atom stereocenters. The van der Waals surface area contributed by atoms with Crippen LogP contribution in [-0.4, -0.2) is 38.8 Å². The van der Waals surface area contributed by atoms with Crippen molar-refractivity contribution in [1.82, 2.24) is 15.3 Å². The van der Waals surface area contributed by atoms with Crippen LogP contribution in [0, 0.1) is 11.7 Å². The summed E-state index contributed by atoms with van der Waals surface area (Å²) in [5, 5.41) is 22.9. The first-order valence-electron chi connectivity index (χ1n) is 11.2. The number of nitrogens with two attached hydrogens (primary N) is 1. The lowest BCUT2D eigenvalue weighted by Gasteiger charge is -2.17. The zero-order valence-electron chi connectivity index (χ0n) is 19.2. The predicted molar refractivity (Wildman–Crippen MR) is 138 cm³/mol. The van der Waals surface area contributed by atoms with Crippen molar-refractivity contribution >= 4 is 23.1 Å². The number of benzene rings is 2. The second-order valence-corrected chi connectivity index (χ2v) is 9.06. The standard InChI is InChI=1S/C27H25FN4O3S/c28-19-10-8-17(9-11-19)24-25(29)32-27(36-24)22-7-2-1-6-21(22)26(35)31-14-12-18(23(34)16-33)15-20-5-3-4-13-30-20/h1-14,18,23,33-34H,15-16,29H2,(H,31,35)/b14-12+/t18?,23-/m1/s1. The van der Waals surface area contributed by atoms with Gasteiger partial charge in [0.15, 0.2) is 0 Å². The van der Waals surface area contributed by atoms with Gasteiger partial charge in [0.2, 0.25) is 0 Å². The summed E-state index contributed by atoms with van der Waals surface area (Å²) in [7, 11) is 0. The second-order valence-electron chi connectivity index (χ2n) is 8.06. The van der Waals surface area contributed by atoms with E-state index in [0.717, 1.165) is 11.3 Å². The molecule has 1 amide bonds. The number of aliphatic hydroxyl groups is 2. The summed E-state index contributed by atoms with van der Waals surface area (Å²) >= 11 is 1.32. The molecule has 0 bridgehead atoms. The molecule has 4 aromatic rings. The lowest BCUT2D eigenvalue weighted by molar-refractivity contribution is 0.0625. The number of aliphatic hydroxyl groups excluding tert-OH is 2. The summed E-state index contributed by atoms with van der Waals surface area (Å²) in [4.78, 5) is 22.4. The zero-order valence-corrected chi connectivity index (χ0v) is 20.0. The van der Waals surface area contributed by atoms with Crippen LogP contribution < -0.4 is 11.1 Å². The first kappa shape index (κ1) is 25.2. The number of thiazole rings is 1. The summed E-state index contributed by atoms with van der Waals surface area (Å²) in [6.07, 6.45) is 4.16. The van der Waals surface area contributed by atoms with Crippen LogP contribution in [0.1, 0.15) is 16.1 Å². The van der Waals surface area contributed by atoms with Gasteiger partial charge >= 0.3 is 0 Å². The van der Waals surface area contributed by atoms with Crippen LogP contribution >= 0.6 is 11.3 Å². The second kappa shape index (κ2) is 11.7. The Morgan fingerprint density at radius 1 is 1.11 bits per heavy atom. The van der Waals surface area contributed by atoms with Crippen LogP contribution in [0.2, 0.25) is 0 Å². The molecule has 2 aromatic carbocycles. The van der Waals surface area contributed by atoms with Crippen molar-refractivity contribution in [3.8, 4) is 21.0 Å². The largest absolute Gasteiger partial charge is 0.394 e. The zero-order chi connectivity index (χ0) is 25.5. The molecule has 36 heavy (non-hydrogen) atoms. The number of nitrogens with one attached hydrogen (secondary N) is 1. The third-order valence-corrected chi connectivity index (χ3v) is 6.73. The maximum Gasteiger partial charge on any atom is 0.255 e. The van der Waals surface area contributed by atoms with Crippen molar-refractivity contribution in [2.45, 2.75) is 12.5 Å². The minimum atomic E-state index is -1.00. The highest BCUT2D eigenvalue weighted by Gasteiger charge is 2.19. The van der Waals surface area contributed by atoms with E-state index in [1.165, 1.54) is 29.7 Å². The van der Waals surface area contributed by atoms with Gasteiger partial charge < -0.3 is 21.3 Å². The molecule has 0 aliphatic rings. The molecule has 184 valence electrons. The Balaban J connectivity index is 1.53. The van der Waals surface area contributed by atoms with Gasteiger partial charge in [0.25, 0.3) is 5.91 Å². The van der Waals surface area contributed by atoms with E-state index < -0.39 is 18.6 Å². The molecule has 0 saturated heterocycles. The monoisotopic (exact) mass is 504 g/mol. The molecular formula is C27H25FN4O3S. The van der Waals surface area contributed by atoms with Crippen LogP contribution in [0.3, 0.4) is 0 Å². The molecule has 0 aliphatic carbocycles. The molecule has 5 N–H and O–H groups in total. The quantitative estimate of drug-likeness (QED) is 0.273. The molecular weight excluding hydrogens is 479 g/mol. The molecule has 0 spiro atoms. The topological polar surface area (TPSA) is 121 Å². The van der Waals surface area contributed by atoms with E-state index in [-0.39, 0.29) is 11.7 Å². The number of carbonyl (C=O) groups is 1. The molecule has 0 aliphatic heterocycles. The Kier molecular flexibility index (Phi) is 8.17. The molecule has 0 saturated carbocycles. The van der Waals surface area contributed by atoms with Crippen molar-refractivity contribution in [3.63, 3.8) is 0 Å². The SMILES string of the molecule is Nc1nc(-c2ccccc2C(=O)N/C=C/C(Cc2ccccn2)[C@H](O)CO)sc1-c1ccc(F)cc1. The van der Waals surface area contributed by atoms with E-state index in [0.29, 0.717) is 33.3 Å². The fourth-order valence-corrected chi connectivity index (χ4v) is 4.71. The fourth-order valence-electron chi connectivity index (χ4n) is 3.68. The molecule has 4 rings (SSSR count). The van der Waals surface area contributed by atoms with Crippen molar-refractivity contribution < 1.29 is 19.4 Å². The van der Waals surface area contributed by atoms with Crippen LogP contribution in [-0.2, 0) is 6.42 Å². The van der Waals surface area contributed by atoms with Crippen molar-refractivity contribution in [2.75, 3.05) is 12.3 Å². The van der Waals surface area contributed by atoms with Gasteiger partial charge in [-0.25, -0.2) is 9.37 Å². The van der Waals surface area contributed by atoms with E-state index in [1.807, 2.05) is 12.1 Å². The highest BCUT2D eigenvalue weighted by atomic mass is 32.1. The number of aromatic nitrogens is 2. The van der Waals surface area contributed by atoms with Crippen LogP contribution in [0.5, 0.6) is 0 Å². The van der Waals surface area contributed by atoms with Crippen molar-refractivity contribution in [3.05, 3.63) is 102 Å². The van der Waals surface area contributed by atoms with Crippen LogP contribution in [0.15, 0.2) is 85.2 Å². The van der Waals surface area contributed by atoms with Gasteiger partial charge in [-0.1, -0.05) is 42.5 Å². The van der Waals surface area contributed by atoms with Gasteiger partial charge in [-0.3, -0.25) is 9.78 Å². The average Bonchev–Trinajstić information content (AvgIpc) is 3.30. The molecule has 0 radical (unpaired) electrons. The normalized spacial score (nSPS) is 13.0. The van der Waals surface area contributed by atoms with Gasteiger partial charge in [0, 0.05) is 35.1 Å². The number of nitrogen functional groups attached to an aromatic ring is 1. The number of amides is 1. The number of halogens is 1. The minimum Gasteiger partial charge on any atom is -0.394 e. The van der Waals surface area contributed by atoms with E-state index in [1.54, 1.807) is 54.7 Å². The summed E-state index contributed by atoms with van der Waals surface area (Å²) in [6.45, 7) is -0.416. The van der Waals surface area contributed by atoms with Gasteiger partial charge in [-0.15, -0.1) is 11.3 Å². The van der Waals surface area contributed by atoms with Gasteiger partial charge in [0.05, 0.1) is 17.6 Å². The van der Waals surface area contributed by atoms with E-state index in [9.17, 15) is 19.4 Å². The minimum absolute atomic E-state index is 0.298. The number of pyridine rings is 1. The van der Waals surface area contributed by atoms with Gasteiger partial charge in [-0.2, -0.15) is 0 Å². The smallest absolute Gasteiger partial charge is 0.255 e. The van der Waals surface area contributed by atoms with Crippen LogP contribution in [0.4, 0.5) is 10.2 Å². The number of hydrogen-bond donors (Lipinski definition) is 4. The van der Waals surface area contributed by atoms with Crippen molar-refractivity contribution in [2.24, 2.45) is 5.92 Å². The molecule has 2 aromatic heterocycles. The third kappa shape index (κ3) is 6.01. The number of nitrogens with zero attached hydrogens (tertiary/aromatic N) is 2. The summed E-state index contributed by atoms with van der Waals surface area (Å²) in [5.41, 5.74) is 8.64. The predicted octanol–water partition coefficient (Wildman–Crippen LogP) is 4.05. The van der Waals surface area contributed by atoms with E-state index >= 15 is 0 Å². The number of carbonyl (C=O) groups excluding carboxylic acids is 1. The lowest BCUT2D eigenvalue weighted by atomic mass is 9.96. The fraction of sp³-hybridized carbons (Fsp3) is 0.148. The van der Waals surface area contributed by atoms with Gasteiger partial charge in [-0.05, 0) is 42.3 Å². The Morgan fingerprint density at radius 2 is 1.86 bits per heavy atom. The number of anilines is 1. The van der Waals surface area contributed by atoms with Gasteiger partial charge in [0.1, 0.15) is 16.6 Å². The Morgan fingerprint density at radius 3 is 2.58 bits per heavy atom. The Labute approximate surface area is 211 Å². The highest BCUT2D eigenvalue weighted by molar-refractivity contribution is 7.19. The maximum atomic E-state index is 13.3. The maximum absolute atomic E-state index is 13.3. The lowest BCUT2D eigenvalue weighted by Crippen LogP contribution is -2.26. The summed E-state index contributed by atoms with van der Waals surface area (Å²) in [5.74, 6) is -0.857. The van der Waals surface area contributed by atoms with Crippen molar-refractivity contribution in [1.29, 1.82) is 0 Å². The molecule has 0 fully saturated rings. The summed E-state index contributed by atoms with van der Waals surface area (Å²) in [6, 6.07) is 18.5. The first-order chi connectivity index (χ1) is 17.5.